The molecule has 0 spiro atoms. The molecule has 2 aromatic rings. The molecule has 0 unspecified atom stereocenters. The minimum atomic E-state index is 0.900. The number of rotatable bonds is 6. The van der Waals surface area contributed by atoms with E-state index in [4.69, 9.17) is 0 Å². The smallest absolute Gasteiger partial charge is 0.113 e. The first-order chi connectivity index (χ1) is 9.26. The number of imidazole rings is 1. The van der Waals surface area contributed by atoms with Crippen LogP contribution in [0.5, 0.6) is 0 Å². The lowest BCUT2D eigenvalue weighted by Gasteiger charge is -2.14. The largest absolute Gasteiger partial charge is 0.313 e. The summed E-state index contributed by atoms with van der Waals surface area (Å²) in [5.41, 5.74) is 3.87. The molecular formula is C16H23N3. The summed E-state index contributed by atoms with van der Waals surface area (Å²) in [4.78, 5) is 4.47. The van der Waals surface area contributed by atoms with Crippen molar-refractivity contribution >= 4 is 0 Å². The standard InChI is InChI=1S/C16H23N3/c1-4-6-16-18-9-10-19(16)15-8-7-13(3)11-14(15)12-17-5-2/h7-11,17H,4-6,12H2,1-3H3. The molecule has 0 amide bonds. The molecule has 0 atom stereocenters. The first-order valence-electron chi connectivity index (χ1n) is 7.09. The number of hydrogen-bond donors (Lipinski definition) is 1. The number of aryl methyl sites for hydroxylation is 2. The van der Waals surface area contributed by atoms with Gasteiger partial charge in [-0.2, -0.15) is 0 Å². The first kappa shape index (κ1) is 13.8. The molecule has 0 saturated heterocycles. The van der Waals surface area contributed by atoms with Crippen molar-refractivity contribution < 1.29 is 0 Å². The van der Waals surface area contributed by atoms with Crippen molar-refractivity contribution in [2.24, 2.45) is 0 Å². The van der Waals surface area contributed by atoms with Gasteiger partial charge in [0.05, 0.1) is 5.69 Å². The number of nitrogens with zero attached hydrogens (tertiary/aromatic N) is 2. The third-order valence-electron chi connectivity index (χ3n) is 3.25. The highest BCUT2D eigenvalue weighted by Gasteiger charge is 2.08. The van der Waals surface area contributed by atoms with E-state index in [-0.39, 0.29) is 0 Å². The zero-order valence-electron chi connectivity index (χ0n) is 12.1. The average molecular weight is 257 g/mol. The van der Waals surface area contributed by atoms with Gasteiger partial charge >= 0.3 is 0 Å². The van der Waals surface area contributed by atoms with Gasteiger partial charge in [0.25, 0.3) is 0 Å². The highest BCUT2D eigenvalue weighted by Crippen LogP contribution is 2.19. The molecule has 0 aliphatic heterocycles. The van der Waals surface area contributed by atoms with E-state index >= 15 is 0 Å². The van der Waals surface area contributed by atoms with Gasteiger partial charge in [-0.1, -0.05) is 31.5 Å². The van der Waals surface area contributed by atoms with E-state index in [0.717, 1.165) is 31.8 Å². The van der Waals surface area contributed by atoms with Crippen LogP contribution in [0.1, 0.15) is 37.2 Å². The predicted octanol–water partition coefficient (Wildman–Crippen LogP) is 3.24. The summed E-state index contributed by atoms with van der Waals surface area (Å²) < 4.78 is 2.22. The van der Waals surface area contributed by atoms with Crippen molar-refractivity contribution in [2.45, 2.75) is 40.2 Å². The Morgan fingerprint density at radius 2 is 2.11 bits per heavy atom. The maximum Gasteiger partial charge on any atom is 0.113 e. The third-order valence-corrected chi connectivity index (χ3v) is 3.25. The maximum absolute atomic E-state index is 4.47. The van der Waals surface area contributed by atoms with E-state index in [1.807, 2.05) is 6.20 Å². The summed E-state index contributed by atoms with van der Waals surface area (Å²) in [5, 5.41) is 3.41. The van der Waals surface area contributed by atoms with Crippen molar-refractivity contribution in [3.63, 3.8) is 0 Å². The van der Waals surface area contributed by atoms with Crippen LogP contribution >= 0.6 is 0 Å². The summed E-state index contributed by atoms with van der Waals surface area (Å²) in [7, 11) is 0. The maximum atomic E-state index is 4.47. The van der Waals surface area contributed by atoms with Gasteiger partial charge < -0.3 is 9.88 Å². The van der Waals surface area contributed by atoms with E-state index in [9.17, 15) is 0 Å². The third kappa shape index (κ3) is 3.24. The Labute approximate surface area is 115 Å². The Morgan fingerprint density at radius 1 is 1.26 bits per heavy atom. The van der Waals surface area contributed by atoms with Gasteiger partial charge in [0.1, 0.15) is 5.82 Å². The van der Waals surface area contributed by atoms with Crippen LogP contribution in [-0.4, -0.2) is 16.1 Å². The molecule has 0 saturated carbocycles. The monoisotopic (exact) mass is 257 g/mol. The van der Waals surface area contributed by atoms with Gasteiger partial charge in [0, 0.05) is 25.4 Å². The molecule has 1 heterocycles. The van der Waals surface area contributed by atoms with Gasteiger partial charge in [-0.15, -0.1) is 0 Å². The van der Waals surface area contributed by atoms with Crippen molar-refractivity contribution in [1.29, 1.82) is 0 Å². The van der Waals surface area contributed by atoms with Crippen LogP contribution in [0.2, 0.25) is 0 Å². The molecule has 3 heteroatoms. The molecular weight excluding hydrogens is 234 g/mol. The van der Waals surface area contributed by atoms with Crippen LogP contribution in [0, 0.1) is 6.92 Å². The Balaban J connectivity index is 2.39. The minimum absolute atomic E-state index is 0.900. The van der Waals surface area contributed by atoms with Gasteiger partial charge in [0.15, 0.2) is 0 Å². The molecule has 1 aromatic heterocycles. The fourth-order valence-corrected chi connectivity index (χ4v) is 2.31. The predicted molar refractivity (Wildman–Crippen MR) is 79.7 cm³/mol. The molecule has 0 radical (unpaired) electrons. The van der Waals surface area contributed by atoms with Gasteiger partial charge in [-0.3, -0.25) is 0 Å². The number of nitrogens with one attached hydrogen (secondary N) is 1. The lowest BCUT2D eigenvalue weighted by molar-refractivity contribution is 0.717. The summed E-state index contributed by atoms with van der Waals surface area (Å²) >= 11 is 0. The van der Waals surface area contributed by atoms with E-state index in [1.54, 1.807) is 0 Å². The van der Waals surface area contributed by atoms with Crippen molar-refractivity contribution in [1.82, 2.24) is 14.9 Å². The lowest BCUT2D eigenvalue weighted by Crippen LogP contribution is -2.14. The zero-order valence-corrected chi connectivity index (χ0v) is 12.1. The van der Waals surface area contributed by atoms with E-state index in [1.165, 1.54) is 16.8 Å². The van der Waals surface area contributed by atoms with Crippen LogP contribution in [0.3, 0.4) is 0 Å². The van der Waals surface area contributed by atoms with E-state index in [2.05, 4.69) is 60.0 Å². The molecule has 0 aliphatic rings. The second-order valence-corrected chi connectivity index (χ2v) is 4.88. The normalized spacial score (nSPS) is 10.9. The second-order valence-electron chi connectivity index (χ2n) is 4.88. The summed E-state index contributed by atoms with van der Waals surface area (Å²) in [5.74, 6) is 1.14. The molecule has 1 aromatic carbocycles. The summed E-state index contributed by atoms with van der Waals surface area (Å²) in [6.45, 7) is 8.35. The van der Waals surface area contributed by atoms with Gasteiger partial charge in [-0.05, 0) is 31.5 Å². The van der Waals surface area contributed by atoms with Gasteiger partial charge in [-0.25, -0.2) is 4.98 Å². The Bertz CT molecular complexity index is 529. The van der Waals surface area contributed by atoms with Crippen LogP contribution in [0.25, 0.3) is 5.69 Å². The highest BCUT2D eigenvalue weighted by molar-refractivity contribution is 5.44. The lowest BCUT2D eigenvalue weighted by atomic mass is 10.1. The first-order valence-corrected chi connectivity index (χ1v) is 7.09. The molecule has 1 N–H and O–H groups in total. The van der Waals surface area contributed by atoms with Crippen molar-refractivity contribution in [3.05, 3.63) is 47.5 Å². The number of aromatic nitrogens is 2. The fourth-order valence-electron chi connectivity index (χ4n) is 2.31. The van der Waals surface area contributed by atoms with Crippen LogP contribution < -0.4 is 5.32 Å². The number of hydrogen-bond acceptors (Lipinski definition) is 2. The summed E-state index contributed by atoms with van der Waals surface area (Å²) in [6.07, 6.45) is 6.08. The minimum Gasteiger partial charge on any atom is -0.313 e. The van der Waals surface area contributed by atoms with Crippen LogP contribution in [0.4, 0.5) is 0 Å². The quantitative estimate of drug-likeness (QED) is 0.861. The molecule has 19 heavy (non-hydrogen) atoms. The van der Waals surface area contributed by atoms with Crippen LogP contribution in [-0.2, 0) is 13.0 Å². The zero-order chi connectivity index (χ0) is 13.7. The molecule has 102 valence electrons. The Kier molecular flexibility index (Phi) is 4.74. The molecule has 0 bridgehead atoms. The molecule has 3 nitrogen and oxygen atoms in total. The highest BCUT2D eigenvalue weighted by atomic mass is 15.1. The Morgan fingerprint density at radius 3 is 2.84 bits per heavy atom. The van der Waals surface area contributed by atoms with Crippen LogP contribution in [0.15, 0.2) is 30.6 Å². The van der Waals surface area contributed by atoms with Gasteiger partial charge in [0.2, 0.25) is 0 Å². The molecule has 0 aliphatic carbocycles. The SMILES string of the molecule is CCCc1nccn1-c1ccc(C)cc1CNCC. The van der Waals surface area contributed by atoms with E-state index in [0.29, 0.717) is 0 Å². The summed E-state index contributed by atoms with van der Waals surface area (Å²) in [6, 6.07) is 6.62. The van der Waals surface area contributed by atoms with E-state index < -0.39 is 0 Å². The topological polar surface area (TPSA) is 29.9 Å². The fraction of sp³-hybridized carbons (Fsp3) is 0.438. The average Bonchev–Trinajstić information content (AvgIpc) is 2.85. The Hall–Kier alpha value is -1.61. The van der Waals surface area contributed by atoms with Crippen molar-refractivity contribution in [2.75, 3.05) is 6.54 Å². The molecule has 0 fully saturated rings. The second kappa shape index (κ2) is 6.53. The number of benzene rings is 1. The molecule has 2 rings (SSSR count). The van der Waals surface area contributed by atoms with Crippen molar-refractivity contribution in [3.8, 4) is 5.69 Å².